The summed E-state index contributed by atoms with van der Waals surface area (Å²) in [5.41, 5.74) is 0.827. The molecular formula is C18H18F6N2O4S. The van der Waals surface area contributed by atoms with Crippen LogP contribution >= 0.6 is 0 Å². The van der Waals surface area contributed by atoms with Gasteiger partial charge in [0.2, 0.25) is 0 Å². The first kappa shape index (κ1) is 24.4. The Morgan fingerprint density at radius 2 is 1.42 bits per heavy atom. The van der Waals surface area contributed by atoms with E-state index in [2.05, 4.69) is 14.2 Å². The minimum atomic E-state index is -4.76. The number of alkyl halides is 6. The van der Waals surface area contributed by atoms with Crippen LogP contribution in [0.5, 0.6) is 11.5 Å². The molecule has 1 N–H and O–H groups in total. The van der Waals surface area contributed by atoms with Gasteiger partial charge >= 0.3 is 12.4 Å². The lowest BCUT2D eigenvalue weighted by Gasteiger charge is -2.17. The van der Waals surface area contributed by atoms with Gasteiger partial charge in [-0.1, -0.05) is 0 Å². The van der Waals surface area contributed by atoms with Crippen molar-refractivity contribution in [2.24, 2.45) is 0 Å². The molecule has 0 heterocycles. The van der Waals surface area contributed by atoms with Crippen LogP contribution < -0.4 is 19.1 Å². The van der Waals surface area contributed by atoms with Gasteiger partial charge in [0, 0.05) is 31.5 Å². The van der Waals surface area contributed by atoms with Crippen molar-refractivity contribution in [3.63, 3.8) is 0 Å². The standard InChI is InChI=1S/C18H18F6N2O4S/c1-26(2)13-5-3-12(4-6-13)25-31(27,28)16-9-14(29-10-17(19,20)21)7-8-15(16)30-11-18(22,23)24/h3-9,25H,10-11H2,1-2H3. The van der Waals surface area contributed by atoms with E-state index in [0.29, 0.717) is 6.07 Å². The zero-order chi connectivity index (χ0) is 23.4. The predicted octanol–water partition coefficient (Wildman–Crippen LogP) is 4.44. The SMILES string of the molecule is CN(C)c1ccc(NS(=O)(=O)c2cc(OCC(F)(F)F)ccc2OCC(F)(F)F)cc1. The molecule has 172 valence electrons. The Bertz CT molecular complexity index is 990. The van der Waals surface area contributed by atoms with Crippen molar-refractivity contribution in [3.8, 4) is 11.5 Å². The second-order valence-corrected chi connectivity index (χ2v) is 8.11. The fraction of sp³-hybridized carbons (Fsp3) is 0.333. The lowest BCUT2D eigenvalue weighted by atomic mass is 10.3. The summed E-state index contributed by atoms with van der Waals surface area (Å²) in [7, 11) is -1.02. The molecule has 0 atom stereocenters. The number of rotatable bonds is 8. The second-order valence-electron chi connectivity index (χ2n) is 6.46. The van der Waals surface area contributed by atoms with Gasteiger partial charge in [-0.15, -0.1) is 0 Å². The van der Waals surface area contributed by atoms with Crippen molar-refractivity contribution < 1.29 is 44.2 Å². The summed E-state index contributed by atoms with van der Waals surface area (Å²) in [5.74, 6) is -1.21. The van der Waals surface area contributed by atoms with E-state index < -0.39 is 52.0 Å². The molecule has 0 saturated carbocycles. The van der Waals surface area contributed by atoms with E-state index in [4.69, 9.17) is 0 Å². The first-order valence-electron chi connectivity index (χ1n) is 8.50. The summed E-state index contributed by atoms with van der Waals surface area (Å²) in [5, 5.41) is 0. The van der Waals surface area contributed by atoms with Crippen molar-refractivity contribution in [1.82, 2.24) is 0 Å². The highest BCUT2D eigenvalue weighted by Gasteiger charge is 2.31. The molecule has 31 heavy (non-hydrogen) atoms. The molecular weight excluding hydrogens is 454 g/mol. The summed E-state index contributed by atoms with van der Waals surface area (Å²) < 4.78 is 111. The van der Waals surface area contributed by atoms with Gasteiger partial charge < -0.3 is 14.4 Å². The molecule has 0 unspecified atom stereocenters. The molecule has 0 fully saturated rings. The van der Waals surface area contributed by atoms with E-state index in [1.807, 2.05) is 0 Å². The van der Waals surface area contributed by atoms with Gasteiger partial charge in [-0.25, -0.2) is 8.42 Å². The zero-order valence-corrected chi connectivity index (χ0v) is 17.0. The average molecular weight is 472 g/mol. The summed E-state index contributed by atoms with van der Waals surface area (Å²) in [6, 6.07) is 8.32. The molecule has 0 spiro atoms. The first-order chi connectivity index (χ1) is 14.2. The normalized spacial score (nSPS) is 12.4. The maximum atomic E-state index is 12.8. The zero-order valence-electron chi connectivity index (χ0n) is 16.2. The number of sulfonamides is 1. The Morgan fingerprint density at radius 1 is 0.871 bits per heavy atom. The summed E-state index contributed by atoms with van der Waals surface area (Å²) in [4.78, 5) is 0.941. The van der Waals surface area contributed by atoms with Gasteiger partial charge in [-0.2, -0.15) is 26.3 Å². The summed E-state index contributed by atoms with van der Waals surface area (Å²) in [6.07, 6.45) is -9.46. The van der Waals surface area contributed by atoms with Crippen molar-refractivity contribution >= 4 is 21.4 Å². The van der Waals surface area contributed by atoms with Crippen LogP contribution in [0, 0.1) is 0 Å². The van der Waals surface area contributed by atoms with Crippen LogP contribution in [0.1, 0.15) is 0 Å². The minimum Gasteiger partial charge on any atom is -0.484 e. The Kier molecular flexibility index (Phi) is 7.19. The number of anilines is 2. The van der Waals surface area contributed by atoms with Gasteiger partial charge in [0.1, 0.15) is 16.4 Å². The Labute approximate surface area is 174 Å². The molecule has 6 nitrogen and oxygen atoms in total. The van der Waals surface area contributed by atoms with Crippen molar-refractivity contribution in [1.29, 1.82) is 0 Å². The van der Waals surface area contributed by atoms with Gasteiger partial charge in [-0.05, 0) is 36.4 Å². The van der Waals surface area contributed by atoms with Gasteiger partial charge in [0.25, 0.3) is 10.0 Å². The molecule has 2 aromatic carbocycles. The number of hydrogen-bond donors (Lipinski definition) is 1. The molecule has 0 aliphatic carbocycles. The molecule has 2 rings (SSSR count). The summed E-state index contributed by atoms with van der Waals surface area (Å²) in [6.45, 7) is -3.51. The topological polar surface area (TPSA) is 67.9 Å². The molecule has 0 bridgehead atoms. The molecule has 0 aromatic heterocycles. The quantitative estimate of drug-likeness (QED) is 0.576. The van der Waals surface area contributed by atoms with Crippen molar-refractivity contribution in [2.45, 2.75) is 17.2 Å². The highest BCUT2D eigenvalue weighted by Crippen LogP contribution is 2.32. The van der Waals surface area contributed by atoms with Gasteiger partial charge in [-0.3, -0.25) is 4.72 Å². The Balaban J connectivity index is 2.37. The lowest BCUT2D eigenvalue weighted by Crippen LogP contribution is -2.22. The molecule has 0 aliphatic heterocycles. The molecule has 0 aliphatic rings. The highest BCUT2D eigenvalue weighted by molar-refractivity contribution is 7.92. The smallest absolute Gasteiger partial charge is 0.422 e. The third-order valence-corrected chi connectivity index (χ3v) is 5.04. The Morgan fingerprint density at radius 3 is 1.94 bits per heavy atom. The van der Waals surface area contributed by atoms with E-state index in [9.17, 15) is 34.8 Å². The van der Waals surface area contributed by atoms with Crippen LogP contribution in [0.15, 0.2) is 47.4 Å². The number of nitrogens with one attached hydrogen (secondary N) is 1. The molecule has 13 heteroatoms. The van der Waals surface area contributed by atoms with Crippen LogP contribution in [-0.4, -0.2) is 48.1 Å². The largest absolute Gasteiger partial charge is 0.484 e. The number of halogens is 6. The minimum absolute atomic E-state index is 0.0778. The maximum absolute atomic E-state index is 12.8. The second kappa shape index (κ2) is 9.12. The van der Waals surface area contributed by atoms with E-state index in [-0.39, 0.29) is 5.69 Å². The van der Waals surface area contributed by atoms with Crippen molar-refractivity contribution in [2.75, 3.05) is 36.9 Å². The molecule has 0 saturated heterocycles. The maximum Gasteiger partial charge on any atom is 0.422 e. The fourth-order valence-electron chi connectivity index (χ4n) is 2.27. The van der Waals surface area contributed by atoms with Gasteiger partial charge in [0.05, 0.1) is 0 Å². The van der Waals surface area contributed by atoms with Crippen molar-refractivity contribution in [3.05, 3.63) is 42.5 Å². The average Bonchev–Trinajstić information content (AvgIpc) is 2.64. The Hall–Kier alpha value is -2.83. The fourth-order valence-corrected chi connectivity index (χ4v) is 3.49. The van der Waals surface area contributed by atoms with Crippen LogP contribution in [0.25, 0.3) is 0 Å². The van der Waals surface area contributed by atoms with Crippen LogP contribution in [0.2, 0.25) is 0 Å². The third kappa shape index (κ3) is 7.74. The third-order valence-electron chi connectivity index (χ3n) is 3.63. The van der Waals surface area contributed by atoms with Crippen LogP contribution in [0.3, 0.4) is 0 Å². The monoisotopic (exact) mass is 472 g/mol. The van der Waals surface area contributed by atoms with E-state index in [0.717, 1.165) is 17.8 Å². The number of nitrogens with zero attached hydrogens (tertiary/aromatic N) is 1. The van der Waals surface area contributed by atoms with Gasteiger partial charge in [0.15, 0.2) is 13.2 Å². The molecule has 0 radical (unpaired) electrons. The first-order valence-corrected chi connectivity index (χ1v) is 9.98. The van der Waals surface area contributed by atoms with E-state index in [1.54, 1.807) is 31.1 Å². The molecule has 0 amide bonds. The number of benzene rings is 2. The molecule has 2 aromatic rings. The summed E-state index contributed by atoms with van der Waals surface area (Å²) >= 11 is 0. The predicted molar refractivity (Wildman–Crippen MR) is 101 cm³/mol. The lowest BCUT2D eigenvalue weighted by molar-refractivity contribution is -0.154. The van der Waals surface area contributed by atoms with E-state index >= 15 is 0 Å². The number of ether oxygens (including phenoxy) is 2. The van der Waals surface area contributed by atoms with E-state index in [1.165, 1.54) is 12.1 Å². The van der Waals surface area contributed by atoms with Crippen LogP contribution in [-0.2, 0) is 10.0 Å². The highest BCUT2D eigenvalue weighted by atomic mass is 32.2. The number of hydrogen-bond acceptors (Lipinski definition) is 5. The van der Waals surface area contributed by atoms with Crippen LogP contribution in [0.4, 0.5) is 37.7 Å².